The summed E-state index contributed by atoms with van der Waals surface area (Å²) < 4.78 is 1.73. The molecule has 1 aromatic heterocycles. The Labute approximate surface area is 100 Å². The minimum atomic E-state index is 0.00820. The average Bonchev–Trinajstić information content (AvgIpc) is 2.76. The van der Waals surface area contributed by atoms with Crippen LogP contribution in [0.25, 0.3) is 6.08 Å². The van der Waals surface area contributed by atoms with E-state index in [4.69, 9.17) is 0 Å². The molecule has 0 unspecified atom stereocenters. The highest BCUT2D eigenvalue weighted by Gasteiger charge is 2.11. The third kappa shape index (κ3) is 2.50. The van der Waals surface area contributed by atoms with Crippen LogP contribution in [0.4, 0.5) is 0 Å². The van der Waals surface area contributed by atoms with Gasteiger partial charge in [0.15, 0.2) is 0 Å². The molecule has 0 atom stereocenters. The number of ketones is 1. The van der Waals surface area contributed by atoms with Crippen molar-refractivity contribution in [3.8, 4) is 0 Å². The number of imidazole rings is 1. The number of hydrogen-bond donors (Lipinski definition) is 0. The molecule has 0 saturated carbocycles. The molecule has 0 aliphatic rings. The zero-order valence-electron chi connectivity index (χ0n) is 9.92. The molecule has 2 aromatic rings. The van der Waals surface area contributed by atoms with E-state index in [9.17, 15) is 4.79 Å². The fraction of sp³-hybridized carbons (Fsp3) is 0.143. The van der Waals surface area contributed by atoms with Gasteiger partial charge in [0.1, 0.15) is 5.69 Å². The van der Waals surface area contributed by atoms with Crippen molar-refractivity contribution in [1.29, 1.82) is 0 Å². The van der Waals surface area contributed by atoms with Crippen LogP contribution < -0.4 is 0 Å². The molecule has 0 aliphatic heterocycles. The van der Waals surface area contributed by atoms with Crippen LogP contribution in [0.3, 0.4) is 0 Å². The summed E-state index contributed by atoms with van der Waals surface area (Å²) in [5.41, 5.74) is 2.34. The molecule has 0 aliphatic carbocycles. The lowest BCUT2D eigenvalue weighted by Crippen LogP contribution is -2.06. The van der Waals surface area contributed by atoms with Gasteiger partial charge in [0, 0.05) is 7.05 Å². The van der Waals surface area contributed by atoms with Crippen LogP contribution in [0.1, 0.15) is 23.0 Å². The van der Waals surface area contributed by atoms with Gasteiger partial charge in [-0.2, -0.15) is 0 Å². The van der Waals surface area contributed by atoms with Crippen LogP contribution in [-0.2, 0) is 7.05 Å². The van der Waals surface area contributed by atoms with E-state index in [-0.39, 0.29) is 5.78 Å². The molecule has 17 heavy (non-hydrogen) atoms. The highest BCUT2D eigenvalue weighted by atomic mass is 16.1. The minimum absolute atomic E-state index is 0.00820. The van der Waals surface area contributed by atoms with Crippen molar-refractivity contribution in [3.05, 3.63) is 59.7 Å². The fourth-order valence-electron chi connectivity index (χ4n) is 1.64. The first-order chi connectivity index (χ1) is 8.18. The molecule has 0 N–H and O–H groups in total. The Morgan fingerprint density at radius 3 is 2.59 bits per heavy atom. The largest absolute Gasteiger partial charge is 0.331 e. The third-order valence-electron chi connectivity index (χ3n) is 2.59. The Morgan fingerprint density at radius 1 is 1.29 bits per heavy atom. The van der Waals surface area contributed by atoms with E-state index in [1.165, 1.54) is 0 Å². The number of hydrogen-bond acceptors (Lipinski definition) is 2. The number of nitrogens with zero attached hydrogens (tertiary/aromatic N) is 2. The van der Waals surface area contributed by atoms with Crippen molar-refractivity contribution < 1.29 is 4.79 Å². The van der Waals surface area contributed by atoms with Gasteiger partial charge in [-0.3, -0.25) is 4.79 Å². The molecule has 0 spiro atoms. The summed E-state index contributed by atoms with van der Waals surface area (Å²) in [4.78, 5) is 16.0. The van der Waals surface area contributed by atoms with Gasteiger partial charge in [0.2, 0.25) is 5.78 Å². The number of aromatic nitrogens is 2. The maximum absolute atomic E-state index is 12.1. The smallest absolute Gasteiger partial charge is 0.206 e. The van der Waals surface area contributed by atoms with E-state index in [2.05, 4.69) is 4.98 Å². The summed E-state index contributed by atoms with van der Waals surface area (Å²) in [6.45, 7) is 1.82. The quantitative estimate of drug-likeness (QED) is 0.595. The lowest BCUT2D eigenvalue weighted by molar-refractivity contribution is 0.102. The molecule has 1 aromatic carbocycles. The lowest BCUT2D eigenvalue weighted by atomic mass is 10.1. The zero-order valence-corrected chi connectivity index (χ0v) is 9.92. The van der Waals surface area contributed by atoms with E-state index in [0.717, 1.165) is 5.56 Å². The van der Waals surface area contributed by atoms with E-state index < -0.39 is 0 Å². The van der Waals surface area contributed by atoms with E-state index in [1.807, 2.05) is 50.4 Å². The van der Waals surface area contributed by atoms with Crippen LogP contribution in [0.5, 0.6) is 0 Å². The van der Waals surface area contributed by atoms with Crippen molar-refractivity contribution in [2.45, 2.75) is 6.92 Å². The molecule has 3 heteroatoms. The van der Waals surface area contributed by atoms with Crippen molar-refractivity contribution >= 4 is 11.9 Å². The summed E-state index contributed by atoms with van der Waals surface area (Å²) >= 11 is 0. The maximum Gasteiger partial charge on any atom is 0.206 e. The van der Waals surface area contributed by atoms with Crippen molar-refractivity contribution in [1.82, 2.24) is 9.55 Å². The number of carbonyl (C=O) groups excluding carboxylic acids is 1. The topological polar surface area (TPSA) is 34.9 Å². The van der Waals surface area contributed by atoms with E-state index >= 15 is 0 Å². The van der Waals surface area contributed by atoms with Gasteiger partial charge in [0.25, 0.3) is 0 Å². The predicted octanol–water partition coefficient (Wildman–Crippen LogP) is 2.71. The van der Waals surface area contributed by atoms with Crippen LogP contribution >= 0.6 is 0 Å². The van der Waals surface area contributed by atoms with Gasteiger partial charge >= 0.3 is 0 Å². The molecular weight excluding hydrogens is 212 g/mol. The summed E-state index contributed by atoms with van der Waals surface area (Å²) in [5.74, 6) is 0.00820. The fourth-order valence-corrected chi connectivity index (χ4v) is 1.64. The molecule has 2 rings (SSSR count). The van der Waals surface area contributed by atoms with Gasteiger partial charge in [-0.05, 0) is 24.1 Å². The second-order valence-corrected chi connectivity index (χ2v) is 3.96. The number of rotatable bonds is 3. The summed E-state index contributed by atoms with van der Waals surface area (Å²) in [6.07, 6.45) is 5.10. The van der Waals surface area contributed by atoms with Crippen molar-refractivity contribution in [2.75, 3.05) is 0 Å². The second kappa shape index (κ2) is 4.78. The van der Waals surface area contributed by atoms with Crippen molar-refractivity contribution in [2.24, 2.45) is 7.05 Å². The summed E-state index contributed by atoms with van der Waals surface area (Å²) in [7, 11) is 1.82. The number of Topliss-reactive ketones (excluding diaryl/α,β-unsaturated/α-hetero) is 1. The van der Waals surface area contributed by atoms with Gasteiger partial charge in [0.05, 0.1) is 12.5 Å². The van der Waals surface area contributed by atoms with Crippen LogP contribution in [0, 0.1) is 0 Å². The Morgan fingerprint density at radius 2 is 2.00 bits per heavy atom. The molecule has 0 radical (unpaired) electrons. The molecule has 0 bridgehead atoms. The monoisotopic (exact) mass is 226 g/mol. The zero-order chi connectivity index (χ0) is 12.3. The first-order valence-electron chi connectivity index (χ1n) is 5.43. The Hall–Kier alpha value is -2.16. The van der Waals surface area contributed by atoms with Gasteiger partial charge < -0.3 is 4.57 Å². The molecule has 86 valence electrons. The highest BCUT2D eigenvalue weighted by molar-refractivity contribution is 6.09. The average molecular weight is 226 g/mol. The predicted molar refractivity (Wildman–Crippen MR) is 67.6 cm³/mol. The number of carbonyl (C=O) groups is 1. The summed E-state index contributed by atoms with van der Waals surface area (Å²) in [5, 5.41) is 0. The first-order valence-corrected chi connectivity index (χ1v) is 5.43. The third-order valence-corrected chi connectivity index (χ3v) is 2.59. The Balaban J connectivity index is 2.27. The molecule has 1 heterocycles. The second-order valence-electron chi connectivity index (χ2n) is 3.96. The maximum atomic E-state index is 12.1. The Bertz CT molecular complexity index is 553. The molecule has 0 fully saturated rings. The highest BCUT2D eigenvalue weighted by Crippen LogP contribution is 2.11. The van der Waals surface area contributed by atoms with Crippen LogP contribution in [0.15, 0.2) is 48.4 Å². The molecule has 3 nitrogen and oxygen atoms in total. The van der Waals surface area contributed by atoms with E-state index in [0.29, 0.717) is 11.3 Å². The lowest BCUT2D eigenvalue weighted by Gasteiger charge is -2.02. The van der Waals surface area contributed by atoms with E-state index in [1.54, 1.807) is 17.1 Å². The summed E-state index contributed by atoms with van der Waals surface area (Å²) in [6, 6.07) is 9.80. The van der Waals surface area contributed by atoms with Gasteiger partial charge in [-0.25, -0.2) is 4.98 Å². The standard InChI is InChI=1S/C14H14N2O/c1-11(8-12-6-4-3-5-7-12)14(17)13-9-15-10-16(13)2/h3-10H,1-2H3/b11-8+. The number of aryl methyl sites for hydroxylation is 1. The Kier molecular flexibility index (Phi) is 3.19. The molecule has 0 saturated heterocycles. The number of benzene rings is 1. The van der Waals surface area contributed by atoms with Crippen LogP contribution in [-0.4, -0.2) is 15.3 Å². The first kappa shape index (κ1) is 11.3. The molecule has 0 amide bonds. The normalized spacial score (nSPS) is 11.5. The van der Waals surface area contributed by atoms with Gasteiger partial charge in [-0.1, -0.05) is 30.3 Å². The SMILES string of the molecule is C/C(=C\c1ccccc1)C(=O)c1cncn1C. The van der Waals surface area contributed by atoms with Gasteiger partial charge in [-0.15, -0.1) is 0 Å². The molecular formula is C14H14N2O. The minimum Gasteiger partial charge on any atom is -0.331 e. The van der Waals surface area contributed by atoms with Crippen LogP contribution in [0.2, 0.25) is 0 Å². The number of allylic oxidation sites excluding steroid dienone is 1. The van der Waals surface area contributed by atoms with Crippen molar-refractivity contribution in [3.63, 3.8) is 0 Å².